The molecule has 6 heteroatoms. The van der Waals surface area contributed by atoms with E-state index in [-0.39, 0.29) is 5.97 Å². The quantitative estimate of drug-likeness (QED) is 0.815. The second kappa shape index (κ2) is 8.41. The first-order valence-corrected chi connectivity index (χ1v) is 8.01. The van der Waals surface area contributed by atoms with Crippen molar-refractivity contribution >= 4 is 12.1 Å². The van der Waals surface area contributed by atoms with Crippen molar-refractivity contribution in [3.8, 4) is 5.75 Å². The third kappa shape index (κ3) is 5.16. The van der Waals surface area contributed by atoms with Crippen LogP contribution < -0.4 is 4.74 Å². The van der Waals surface area contributed by atoms with E-state index in [0.717, 1.165) is 18.4 Å². The molecule has 1 unspecified atom stereocenters. The maximum atomic E-state index is 11.3. The van der Waals surface area contributed by atoms with Crippen LogP contribution in [0.25, 0.3) is 0 Å². The van der Waals surface area contributed by atoms with Crippen LogP contribution in [0, 0.1) is 0 Å². The van der Waals surface area contributed by atoms with Gasteiger partial charge in [-0.05, 0) is 43.9 Å². The highest BCUT2D eigenvalue weighted by Gasteiger charge is 2.27. The van der Waals surface area contributed by atoms with Crippen LogP contribution in [0.15, 0.2) is 24.3 Å². The highest BCUT2D eigenvalue weighted by atomic mass is 16.5. The van der Waals surface area contributed by atoms with Crippen LogP contribution in [0.4, 0.5) is 4.79 Å². The van der Waals surface area contributed by atoms with Crippen molar-refractivity contribution in [3.05, 3.63) is 29.8 Å². The lowest BCUT2D eigenvalue weighted by molar-refractivity contribution is -0.143. The molecule has 2 rings (SSSR count). The van der Waals surface area contributed by atoms with Crippen molar-refractivity contribution in [2.75, 3.05) is 13.2 Å². The number of likely N-dealkylation sites (tertiary alicyclic amines) is 1. The molecule has 0 saturated carbocycles. The van der Waals surface area contributed by atoms with Crippen molar-refractivity contribution in [3.63, 3.8) is 0 Å². The lowest BCUT2D eigenvalue weighted by Gasteiger charge is -2.33. The third-order valence-corrected chi connectivity index (χ3v) is 3.81. The van der Waals surface area contributed by atoms with Gasteiger partial charge in [0.05, 0.1) is 6.61 Å². The van der Waals surface area contributed by atoms with E-state index < -0.39 is 12.3 Å². The van der Waals surface area contributed by atoms with Crippen molar-refractivity contribution in [1.29, 1.82) is 0 Å². The fourth-order valence-corrected chi connectivity index (χ4v) is 2.61. The Labute approximate surface area is 136 Å². The van der Waals surface area contributed by atoms with Gasteiger partial charge in [0.1, 0.15) is 5.75 Å². The predicted molar refractivity (Wildman–Crippen MR) is 84.4 cm³/mol. The van der Waals surface area contributed by atoms with Crippen LogP contribution in [0.1, 0.15) is 38.2 Å². The lowest BCUT2D eigenvalue weighted by atomic mass is 10.1. The minimum atomic E-state index is -0.944. The summed E-state index contributed by atoms with van der Waals surface area (Å²) in [5.41, 5.74) is 1.02. The summed E-state index contributed by atoms with van der Waals surface area (Å²) in [6.07, 6.45) is 2.14. The van der Waals surface area contributed by atoms with E-state index >= 15 is 0 Å². The van der Waals surface area contributed by atoms with Crippen LogP contribution in [-0.4, -0.2) is 41.4 Å². The van der Waals surface area contributed by atoms with Crippen molar-refractivity contribution in [2.45, 2.75) is 45.3 Å². The van der Waals surface area contributed by atoms with Gasteiger partial charge in [-0.25, -0.2) is 4.79 Å². The summed E-state index contributed by atoms with van der Waals surface area (Å²) in [5.74, 6) is 0.440. The van der Waals surface area contributed by atoms with Crippen LogP contribution in [-0.2, 0) is 16.0 Å². The fourth-order valence-electron chi connectivity index (χ4n) is 2.61. The molecule has 1 aromatic rings. The normalized spacial score (nSPS) is 17.6. The minimum Gasteiger partial charge on any atom is -0.470 e. The molecule has 1 N–H and O–H groups in total. The Morgan fingerprint density at radius 2 is 2.00 bits per heavy atom. The number of carbonyl (C=O) groups is 2. The van der Waals surface area contributed by atoms with Gasteiger partial charge in [-0.1, -0.05) is 12.1 Å². The van der Waals surface area contributed by atoms with Gasteiger partial charge in [0, 0.05) is 19.4 Å². The highest BCUT2D eigenvalue weighted by Crippen LogP contribution is 2.22. The Kier molecular flexibility index (Phi) is 6.26. The molecular weight excluding hydrogens is 298 g/mol. The number of amides is 1. The predicted octanol–water partition coefficient (Wildman–Crippen LogP) is 3.05. The Bertz CT molecular complexity index is 528. The molecule has 0 aromatic heterocycles. The maximum Gasteiger partial charge on any atom is 0.410 e. The summed E-state index contributed by atoms with van der Waals surface area (Å²) >= 11 is 0. The number of hydrogen-bond donors (Lipinski definition) is 1. The Morgan fingerprint density at radius 1 is 1.26 bits per heavy atom. The standard InChI is InChI=1S/C17H23NO5/c1-2-22-16(19)11-8-13-6-9-14(10-7-13)23-15-5-3-4-12-18(15)17(20)21/h6-7,9-10,15H,2-5,8,11-12H2,1H3,(H,20,21). The number of piperidine rings is 1. The van der Waals surface area contributed by atoms with E-state index in [0.29, 0.717) is 38.2 Å². The number of carbonyl (C=O) groups excluding carboxylic acids is 1. The lowest BCUT2D eigenvalue weighted by Crippen LogP contribution is -2.46. The summed E-state index contributed by atoms with van der Waals surface area (Å²) in [4.78, 5) is 23.9. The second-order valence-corrected chi connectivity index (χ2v) is 5.49. The molecular formula is C17H23NO5. The molecule has 6 nitrogen and oxygen atoms in total. The van der Waals surface area contributed by atoms with E-state index in [4.69, 9.17) is 9.47 Å². The van der Waals surface area contributed by atoms with Gasteiger partial charge >= 0.3 is 12.1 Å². The number of esters is 1. The number of rotatable bonds is 6. The van der Waals surface area contributed by atoms with Crippen LogP contribution in [0.3, 0.4) is 0 Å². The van der Waals surface area contributed by atoms with Gasteiger partial charge in [0.15, 0.2) is 6.23 Å². The molecule has 0 radical (unpaired) electrons. The molecule has 1 aliphatic rings. The van der Waals surface area contributed by atoms with E-state index in [1.54, 1.807) is 6.92 Å². The smallest absolute Gasteiger partial charge is 0.410 e. The van der Waals surface area contributed by atoms with Crippen LogP contribution >= 0.6 is 0 Å². The number of hydrogen-bond acceptors (Lipinski definition) is 4. The summed E-state index contributed by atoms with van der Waals surface area (Å²) < 4.78 is 10.7. The van der Waals surface area contributed by atoms with Crippen LogP contribution in [0.2, 0.25) is 0 Å². The zero-order valence-corrected chi connectivity index (χ0v) is 13.4. The van der Waals surface area contributed by atoms with E-state index in [2.05, 4.69) is 0 Å². The number of nitrogens with zero attached hydrogens (tertiary/aromatic N) is 1. The van der Waals surface area contributed by atoms with Gasteiger partial charge in [0.25, 0.3) is 0 Å². The molecule has 1 saturated heterocycles. The molecule has 0 bridgehead atoms. The zero-order chi connectivity index (χ0) is 16.7. The van der Waals surface area contributed by atoms with Gasteiger partial charge in [-0.15, -0.1) is 0 Å². The topological polar surface area (TPSA) is 76.1 Å². The summed E-state index contributed by atoms with van der Waals surface area (Å²) in [6.45, 7) is 2.69. The van der Waals surface area contributed by atoms with Crippen LogP contribution in [0.5, 0.6) is 5.75 Å². The Balaban J connectivity index is 1.89. The first-order valence-electron chi connectivity index (χ1n) is 8.01. The van der Waals surface area contributed by atoms with Crippen molar-refractivity contribution in [1.82, 2.24) is 4.90 Å². The number of aryl methyl sites for hydroxylation is 1. The average molecular weight is 321 g/mol. The monoisotopic (exact) mass is 321 g/mol. The molecule has 1 fully saturated rings. The SMILES string of the molecule is CCOC(=O)CCc1ccc(OC2CCCCN2C(=O)O)cc1. The largest absolute Gasteiger partial charge is 0.470 e. The zero-order valence-electron chi connectivity index (χ0n) is 13.4. The number of benzene rings is 1. The minimum absolute atomic E-state index is 0.202. The van der Waals surface area contributed by atoms with E-state index in [1.165, 1.54) is 4.90 Å². The molecule has 1 heterocycles. The first kappa shape index (κ1) is 17.1. The van der Waals surface area contributed by atoms with E-state index in [9.17, 15) is 14.7 Å². The molecule has 1 aromatic carbocycles. The van der Waals surface area contributed by atoms with Gasteiger partial charge < -0.3 is 14.6 Å². The summed E-state index contributed by atoms with van der Waals surface area (Å²) in [7, 11) is 0. The highest BCUT2D eigenvalue weighted by molar-refractivity contribution is 5.69. The molecule has 23 heavy (non-hydrogen) atoms. The molecule has 1 aliphatic heterocycles. The molecule has 0 aliphatic carbocycles. The molecule has 0 spiro atoms. The van der Waals surface area contributed by atoms with Gasteiger partial charge in [0.2, 0.25) is 0 Å². The molecule has 1 amide bonds. The summed E-state index contributed by atoms with van der Waals surface area (Å²) in [6, 6.07) is 7.41. The fraction of sp³-hybridized carbons (Fsp3) is 0.529. The second-order valence-electron chi connectivity index (χ2n) is 5.49. The number of carboxylic acid groups (broad SMARTS) is 1. The summed E-state index contributed by atoms with van der Waals surface area (Å²) in [5, 5.41) is 9.20. The third-order valence-electron chi connectivity index (χ3n) is 3.81. The van der Waals surface area contributed by atoms with Crippen molar-refractivity contribution < 1.29 is 24.2 Å². The first-order chi connectivity index (χ1) is 11.1. The van der Waals surface area contributed by atoms with Crippen molar-refractivity contribution in [2.24, 2.45) is 0 Å². The van der Waals surface area contributed by atoms with Gasteiger partial charge in [-0.3, -0.25) is 9.69 Å². The maximum absolute atomic E-state index is 11.3. The van der Waals surface area contributed by atoms with E-state index in [1.807, 2.05) is 24.3 Å². The van der Waals surface area contributed by atoms with Gasteiger partial charge in [-0.2, -0.15) is 0 Å². The average Bonchev–Trinajstić information content (AvgIpc) is 2.55. The Morgan fingerprint density at radius 3 is 2.65 bits per heavy atom. The molecule has 126 valence electrons. The Hall–Kier alpha value is -2.24. The molecule has 1 atom stereocenters. The number of ether oxygens (including phenoxy) is 2.